The van der Waals surface area contributed by atoms with E-state index >= 15 is 0 Å². The fraction of sp³-hybridized carbons (Fsp3) is 0.867. The molecule has 4 aliphatic carbocycles. The van der Waals surface area contributed by atoms with Crippen molar-refractivity contribution in [2.45, 2.75) is 132 Å². The van der Waals surface area contributed by atoms with Gasteiger partial charge in [-0.05, 0) is 112 Å². The number of rotatable bonds is 3. The molecule has 2 fully saturated rings. The van der Waals surface area contributed by atoms with Gasteiger partial charge in [0, 0.05) is 0 Å². The summed E-state index contributed by atoms with van der Waals surface area (Å²) in [6.07, 6.45) is 16.8. The van der Waals surface area contributed by atoms with Gasteiger partial charge in [0.1, 0.15) is 0 Å². The Hall–Kier alpha value is -0.520. The van der Waals surface area contributed by atoms with Crippen molar-refractivity contribution in [3.05, 3.63) is 22.3 Å². The molecule has 0 nitrogen and oxygen atoms in total. The van der Waals surface area contributed by atoms with E-state index in [0.29, 0.717) is 21.7 Å². The molecule has 0 aromatic rings. The van der Waals surface area contributed by atoms with E-state index in [0.717, 1.165) is 11.8 Å². The summed E-state index contributed by atoms with van der Waals surface area (Å²) in [5, 5.41) is 0. The normalized spacial score (nSPS) is 40.8. The van der Waals surface area contributed by atoms with Gasteiger partial charge in [0.2, 0.25) is 0 Å². The van der Waals surface area contributed by atoms with Crippen LogP contribution in [0.2, 0.25) is 0 Å². The quantitative estimate of drug-likeness (QED) is 0.406. The molecule has 4 rings (SSSR count). The third-order valence-corrected chi connectivity index (χ3v) is 11.1. The first-order valence-electron chi connectivity index (χ1n) is 13.3. The Balaban J connectivity index is 1.62. The highest BCUT2D eigenvalue weighted by atomic mass is 14.6. The summed E-state index contributed by atoms with van der Waals surface area (Å²) in [4.78, 5) is 0. The van der Waals surface area contributed by atoms with Gasteiger partial charge in [0.05, 0.1) is 0 Å². The van der Waals surface area contributed by atoms with Crippen LogP contribution in [0.3, 0.4) is 0 Å². The lowest BCUT2D eigenvalue weighted by molar-refractivity contribution is 0.00526. The minimum Gasteiger partial charge on any atom is -0.0735 e. The Labute approximate surface area is 188 Å². The van der Waals surface area contributed by atoms with Gasteiger partial charge >= 0.3 is 0 Å². The zero-order valence-corrected chi connectivity index (χ0v) is 21.6. The van der Waals surface area contributed by atoms with Gasteiger partial charge in [0.25, 0.3) is 0 Å². The molecule has 2 unspecified atom stereocenters. The van der Waals surface area contributed by atoms with E-state index in [1.807, 2.05) is 11.1 Å². The number of allylic oxidation sites excluding steroid dienone is 4. The first-order valence-corrected chi connectivity index (χ1v) is 13.3. The van der Waals surface area contributed by atoms with Crippen LogP contribution in [-0.4, -0.2) is 0 Å². The standard InChI is InChI=1S/C30H50/c1-21-11-15-25-27(3,4)17-9-19-29(25,7)23(21)13-14-24-22(2)12-16-26-28(5,6)18-10-20-30(24,26)8/h25-26H,9-20H2,1-8H3/t25?,26?,29-,30-/m1/s1. The molecule has 0 spiro atoms. The second-order valence-electron chi connectivity index (χ2n) is 13.7. The summed E-state index contributed by atoms with van der Waals surface area (Å²) in [6.45, 7) is 20.5. The van der Waals surface area contributed by atoms with Crippen molar-refractivity contribution >= 4 is 0 Å². The molecular weight excluding hydrogens is 360 g/mol. The maximum atomic E-state index is 2.66. The Kier molecular flexibility index (Phi) is 5.68. The summed E-state index contributed by atoms with van der Waals surface area (Å²) in [5.74, 6) is 1.77. The van der Waals surface area contributed by atoms with Crippen LogP contribution in [0.5, 0.6) is 0 Å². The number of fused-ring (bicyclic) bond motifs is 2. The van der Waals surface area contributed by atoms with Crippen LogP contribution in [0.1, 0.15) is 132 Å². The van der Waals surface area contributed by atoms with Crippen molar-refractivity contribution in [1.29, 1.82) is 0 Å². The molecule has 0 aromatic heterocycles. The number of hydrogen-bond acceptors (Lipinski definition) is 0. The maximum absolute atomic E-state index is 2.66. The highest BCUT2D eigenvalue weighted by Gasteiger charge is 2.52. The van der Waals surface area contributed by atoms with E-state index in [1.165, 1.54) is 77.0 Å². The molecule has 0 aromatic carbocycles. The molecule has 0 radical (unpaired) electrons. The average molecular weight is 411 g/mol. The zero-order chi connectivity index (χ0) is 21.9. The maximum Gasteiger partial charge on any atom is -0.00803 e. The largest absolute Gasteiger partial charge is 0.0735 e. The van der Waals surface area contributed by atoms with E-state index in [2.05, 4.69) is 55.4 Å². The summed E-state index contributed by atoms with van der Waals surface area (Å²) < 4.78 is 0. The van der Waals surface area contributed by atoms with E-state index < -0.39 is 0 Å². The highest BCUT2D eigenvalue weighted by molar-refractivity contribution is 5.32. The average Bonchev–Trinajstić information content (AvgIpc) is 2.61. The van der Waals surface area contributed by atoms with Gasteiger partial charge in [0.15, 0.2) is 0 Å². The topological polar surface area (TPSA) is 0 Å². The van der Waals surface area contributed by atoms with E-state index in [4.69, 9.17) is 0 Å². The van der Waals surface area contributed by atoms with Gasteiger partial charge in [-0.2, -0.15) is 0 Å². The zero-order valence-electron chi connectivity index (χ0n) is 21.6. The second kappa shape index (κ2) is 7.52. The summed E-state index contributed by atoms with van der Waals surface area (Å²) in [7, 11) is 0. The van der Waals surface area contributed by atoms with Crippen LogP contribution < -0.4 is 0 Å². The molecule has 0 aliphatic heterocycles. The van der Waals surface area contributed by atoms with E-state index in [-0.39, 0.29) is 0 Å². The van der Waals surface area contributed by atoms with Crippen LogP contribution in [0.15, 0.2) is 22.3 Å². The predicted octanol–water partition coefficient (Wildman–Crippen LogP) is 9.65. The van der Waals surface area contributed by atoms with Crippen LogP contribution in [0.25, 0.3) is 0 Å². The third-order valence-electron chi connectivity index (χ3n) is 11.1. The summed E-state index contributed by atoms with van der Waals surface area (Å²) >= 11 is 0. The van der Waals surface area contributed by atoms with Crippen LogP contribution in [0, 0.1) is 33.5 Å². The fourth-order valence-electron chi connectivity index (χ4n) is 9.63. The number of hydrogen-bond donors (Lipinski definition) is 0. The van der Waals surface area contributed by atoms with Crippen molar-refractivity contribution in [1.82, 2.24) is 0 Å². The SMILES string of the molecule is CC1=C(CCC2=C(C)CCC3C(C)(C)CCC[C@]23C)[C@@]2(C)CCCC(C)(C)C2CC1. The van der Waals surface area contributed by atoms with Gasteiger partial charge < -0.3 is 0 Å². The molecular formula is C30H50. The Morgan fingerprint density at radius 1 is 0.600 bits per heavy atom. The van der Waals surface area contributed by atoms with E-state index in [9.17, 15) is 0 Å². The molecule has 0 bridgehead atoms. The van der Waals surface area contributed by atoms with Crippen molar-refractivity contribution < 1.29 is 0 Å². The third kappa shape index (κ3) is 3.47. The molecule has 4 aliphatic rings. The second-order valence-corrected chi connectivity index (χ2v) is 13.7. The lowest BCUT2D eigenvalue weighted by atomic mass is 9.48. The molecule has 0 saturated heterocycles. The molecule has 0 amide bonds. The Morgan fingerprint density at radius 2 is 0.967 bits per heavy atom. The van der Waals surface area contributed by atoms with Crippen LogP contribution in [-0.2, 0) is 0 Å². The Bertz CT molecular complexity index is 680. The monoisotopic (exact) mass is 410 g/mol. The van der Waals surface area contributed by atoms with E-state index in [1.54, 1.807) is 11.1 Å². The summed E-state index contributed by atoms with van der Waals surface area (Å²) in [6, 6.07) is 0. The van der Waals surface area contributed by atoms with Crippen LogP contribution >= 0.6 is 0 Å². The Morgan fingerprint density at radius 3 is 1.33 bits per heavy atom. The minimum absolute atomic E-state index is 0.458. The van der Waals surface area contributed by atoms with Gasteiger partial charge in [-0.1, -0.05) is 76.7 Å². The predicted molar refractivity (Wildman–Crippen MR) is 132 cm³/mol. The molecule has 170 valence electrons. The molecule has 4 atom stereocenters. The van der Waals surface area contributed by atoms with Crippen molar-refractivity contribution in [3.8, 4) is 0 Å². The molecule has 0 heterocycles. The fourth-order valence-corrected chi connectivity index (χ4v) is 9.63. The molecule has 0 N–H and O–H groups in total. The summed E-state index contributed by atoms with van der Waals surface area (Å²) in [5.41, 5.74) is 9.23. The molecule has 2 saturated carbocycles. The lowest BCUT2D eigenvalue weighted by Gasteiger charge is -2.56. The first-order chi connectivity index (χ1) is 13.9. The smallest absolute Gasteiger partial charge is 0.00803 e. The first kappa shape index (κ1) is 22.7. The minimum atomic E-state index is 0.458. The van der Waals surface area contributed by atoms with Gasteiger partial charge in [-0.25, -0.2) is 0 Å². The van der Waals surface area contributed by atoms with Crippen LogP contribution in [0.4, 0.5) is 0 Å². The van der Waals surface area contributed by atoms with Gasteiger partial charge in [-0.3, -0.25) is 0 Å². The van der Waals surface area contributed by atoms with Crippen molar-refractivity contribution in [3.63, 3.8) is 0 Å². The molecule has 30 heavy (non-hydrogen) atoms. The van der Waals surface area contributed by atoms with Crippen molar-refractivity contribution in [2.24, 2.45) is 33.5 Å². The lowest BCUT2D eigenvalue weighted by Crippen LogP contribution is -2.46. The van der Waals surface area contributed by atoms with Crippen molar-refractivity contribution in [2.75, 3.05) is 0 Å². The van der Waals surface area contributed by atoms with Gasteiger partial charge in [-0.15, -0.1) is 0 Å². The highest BCUT2D eigenvalue weighted by Crippen LogP contribution is 2.63. The molecule has 0 heteroatoms.